The Balaban J connectivity index is 1.80. The zero-order chi connectivity index (χ0) is 24.8. The fourth-order valence-electron chi connectivity index (χ4n) is 3.34. The van der Waals surface area contributed by atoms with E-state index in [1.54, 1.807) is 36.7 Å². The minimum atomic E-state index is -4.72. The first kappa shape index (κ1) is 27.3. The highest BCUT2D eigenvalue weighted by atomic mass is 19.4. The van der Waals surface area contributed by atoms with Crippen molar-refractivity contribution in [2.75, 3.05) is 6.61 Å². The molecule has 1 heterocycles. The van der Waals surface area contributed by atoms with Crippen molar-refractivity contribution in [3.05, 3.63) is 54.1 Å². The van der Waals surface area contributed by atoms with E-state index >= 15 is 0 Å². The molecular weight excluding hydrogens is 445 g/mol. The van der Waals surface area contributed by atoms with Crippen LogP contribution in [0.25, 0.3) is 11.4 Å². The van der Waals surface area contributed by atoms with E-state index in [1.165, 1.54) is 38.5 Å². The summed E-state index contributed by atoms with van der Waals surface area (Å²) in [6.45, 7) is 3.78. The largest absolute Gasteiger partial charge is 0.490 e. The molecule has 1 aromatic heterocycles. The summed E-state index contributed by atoms with van der Waals surface area (Å²) in [4.78, 5) is 19.5. The number of rotatable bonds is 14. The lowest BCUT2D eigenvalue weighted by Crippen LogP contribution is -2.17. The van der Waals surface area contributed by atoms with Crippen molar-refractivity contribution in [2.45, 2.75) is 77.8 Å². The van der Waals surface area contributed by atoms with Gasteiger partial charge >= 0.3 is 12.1 Å². The SMILES string of the molecule is CCCCCCCCCCOc1cnc(-c2ccc(CC=C(OC(C)=O)C(F)(F)F)cc2)nc1. The Bertz CT molecular complexity index is 895. The number of aromatic nitrogens is 2. The zero-order valence-electron chi connectivity index (χ0n) is 19.9. The number of carbonyl (C=O) groups is 1. The average Bonchev–Trinajstić information content (AvgIpc) is 2.80. The minimum absolute atomic E-state index is 0.0330. The number of unbranched alkanes of at least 4 members (excludes halogenated alkanes) is 7. The summed E-state index contributed by atoms with van der Waals surface area (Å²) in [6.07, 6.45) is 9.23. The topological polar surface area (TPSA) is 61.3 Å². The van der Waals surface area contributed by atoms with Gasteiger partial charge < -0.3 is 9.47 Å². The molecule has 0 saturated heterocycles. The summed E-state index contributed by atoms with van der Waals surface area (Å²) in [7, 11) is 0. The molecule has 0 aliphatic heterocycles. The molecule has 0 radical (unpaired) electrons. The third-order valence-electron chi connectivity index (χ3n) is 5.16. The first-order chi connectivity index (χ1) is 16.3. The molecular formula is C26H33F3N2O3. The molecule has 0 amide bonds. The van der Waals surface area contributed by atoms with Crippen LogP contribution in [0.1, 0.15) is 70.8 Å². The van der Waals surface area contributed by atoms with Crippen LogP contribution in [0.5, 0.6) is 5.75 Å². The number of alkyl halides is 3. The number of carbonyl (C=O) groups excluding carboxylic acids is 1. The average molecular weight is 479 g/mol. The Hall–Kier alpha value is -2.90. The van der Waals surface area contributed by atoms with Gasteiger partial charge in [-0.3, -0.25) is 4.79 Å². The third kappa shape index (κ3) is 10.4. The molecule has 186 valence electrons. The Morgan fingerprint density at radius 3 is 2.09 bits per heavy atom. The molecule has 0 aliphatic carbocycles. The molecule has 8 heteroatoms. The first-order valence-corrected chi connectivity index (χ1v) is 11.8. The summed E-state index contributed by atoms with van der Waals surface area (Å²) in [5.74, 6) is -1.22. The van der Waals surface area contributed by atoms with Crippen LogP contribution in [-0.4, -0.2) is 28.7 Å². The second-order valence-corrected chi connectivity index (χ2v) is 8.13. The van der Waals surface area contributed by atoms with Crippen LogP contribution in [0, 0.1) is 0 Å². The lowest BCUT2D eigenvalue weighted by molar-refractivity contribution is -0.158. The zero-order valence-corrected chi connectivity index (χ0v) is 19.9. The number of ether oxygens (including phenoxy) is 2. The van der Waals surface area contributed by atoms with E-state index in [4.69, 9.17) is 4.74 Å². The van der Waals surface area contributed by atoms with Crippen LogP contribution in [0.2, 0.25) is 0 Å². The predicted molar refractivity (Wildman–Crippen MR) is 125 cm³/mol. The molecule has 1 aromatic carbocycles. The van der Waals surface area contributed by atoms with Gasteiger partial charge in [0.05, 0.1) is 19.0 Å². The number of hydrogen-bond donors (Lipinski definition) is 0. The van der Waals surface area contributed by atoms with Gasteiger partial charge in [0, 0.05) is 12.5 Å². The highest BCUT2D eigenvalue weighted by Gasteiger charge is 2.36. The normalized spacial score (nSPS) is 12.0. The van der Waals surface area contributed by atoms with E-state index in [1.807, 2.05) is 0 Å². The summed E-state index contributed by atoms with van der Waals surface area (Å²) in [5, 5.41) is 0. The Labute approximate surface area is 199 Å². The molecule has 0 bridgehead atoms. The second-order valence-electron chi connectivity index (χ2n) is 8.13. The van der Waals surface area contributed by atoms with Crippen LogP contribution < -0.4 is 4.74 Å². The smallest absolute Gasteiger partial charge is 0.449 e. The van der Waals surface area contributed by atoms with Crippen molar-refractivity contribution in [3.63, 3.8) is 0 Å². The maximum Gasteiger partial charge on any atom is 0.449 e. The van der Waals surface area contributed by atoms with Crippen molar-refractivity contribution in [3.8, 4) is 17.1 Å². The lowest BCUT2D eigenvalue weighted by atomic mass is 10.1. The highest BCUT2D eigenvalue weighted by molar-refractivity contribution is 5.67. The molecule has 2 rings (SSSR count). The van der Waals surface area contributed by atoms with E-state index in [2.05, 4.69) is 21.6 Å². The second kappa shape index (κ2) is 14.4. The van der Waals surface area contributed by atoms with Gasteiger partial charge in [0.25, 0.3) is 0 Å². The lowest BCUT2D eigenvalue weighted by Gasteiger charge is -2.10. The van der Waals surface area contributed by atoms with E-state index in [-0.39, 0.29) is 6.42 Å². The number of halogens is 3. The summed E-state index contributed by atoms with van der Waals surface area (Å²) in [5.41, 5.74) is 1.36. The Kier molecular flexibility index (Phi) is 11.6. The molecule has 0 fully saturated rings. The monoisotopic (exact) mass is 478 g/mol. The van der Waals surface area contributed by atoms with Crippen molar-refractivity contribution in [1.82, 2.24) is 9.97 Å². The first-order valence-electron chi connectivity index (χ1n) is 11.8. The van der Waals surface area contributed by atoms with Crippen LogP contribution >= 0.6 is 0 Å². The van der Waals surface area contributed by atoms with E-state index in [9.17, 15) is 18.0 Å². The molecule has 0 spiro atoms. The van der Waals surface area contributed by atoms with Gasteiger partial charge in [-0.15, -0.1) is 0 Å². The van der Waals surface area contributed by atoms with Gasteiger partial charge in [-0.2, -0.15) is 13.2 Å². The highest BCUT2D eigenvalue weighted by Crippen LogP contribution is 2.27. The minimum Gasteiger partial charge on any atom is -0.490 e. The van der Waals surface area contributed by atoms with E-state index in [0.29, 0.717) is 23.7 Å². The van der Waals surface area contributed by atoms with Crippen LogP contribution in [-0.2, 0) is 16.0 Å². The number of nitrogens with zero attached hydrogens (tertiary/aromatic N) is 2. The fraction of sp³-hybridized carbons (Fsp3) is 0.500. The molecule has 5 nitrogen and oxygen atoms in total. The molecule has 0 N–H and O–H groups in total. The van der Waals surface area contributed by atoms with Crippen molar-refractivity contribution in [1.29, 1.82) is 0 Å². The maximum atomic E-state index is 12.9. The van der Waals surface area contributed by atoms with E-state index in [0.717, 1.165) is 31.4 Å². The molecule has 0 atom stereocenters. The summed E-state index contributed by atoms with van der Waals surface area (Å²) < 4.78 is 48.7. The summed E-state index contributed by atoms with van der Waals surface area (Å²) in [6, 6.07) is 6.84. The molecule has 0 aliphatic rings. The Morgan fingerprint density at radius 1 is 0.941 bits per heavy atom. The van der Waals surface area contributed by atoms with Gasteiger partial charge in [0.15, 0.2) is 11.6 Å². The summed E-state index contributed by atoms with van der Waals surface area (Å²) >= 11 is 0. The number of benzene rings is 1. The number of esters is 1. The fourth-order valence-corrected chi connectivity index (χ4v) is 3.34. The molecule has 0 unspecified atom stereocenters. The van der Waals surface area contributed by atoms with Gasteiger partial charge in [0.2, 0.25) is 5.76 Å². The molecule has 0 saturated carbocycles. The van der Waals surface area contributed by atoms with Crippen LogP contribution in [0.3, 0.4) is 0 Å². The third-order valence-corrected chi connectivity index (χ3v) is 5.16. The van der Waals surface area contributed by atoms with Crippen LogP contribution in [0.4, 0.5) is 13.2 Å². The molecule has 34 heavy (non-hydrogen) atoms. The quantitative estimate of drug-likeness (QED) is 0.163. The Morgan fingerprint density at radius 2 is 1.53 bits per heavy atom. The van der Waals surface area contributed by atoms with Crippen molar-refractivity contribution in [2.24, 2.45) is 0 Å². The van der Waals surface area contributed by atoms with Gasteiger partial charge in [-0.25, -0.2) is 9.97 Å². The van der Waals surface area contributed by atoms with Crippen molar-refractivity contribution >= 4 is 5.97 Å². The van der Waals surface area contributed by atoms with Gasteiger partial charge in [-0.1, -0.05) is 76.1 Å². The molecule has 2 aromatic rings. The van der Waals surface area contributed by atoms with E-state index < -0.39 is 17.9 Å². The van der Waals surface area contributed by atoms with Gasteiger partial charge in [-0.05, 0) is 24.5 Å². The maximum absolute atomic E-state index is 12.9. The predicted octanol–water partition coefficient (Wildman–Crippen LogP) is 7.21. The number of hydrogen-bond acceptors (Lipinski definition) is 5. The van der Waals surface area contributed by atoms with Crippen molar-refractivity contribution < 1.29 is 27.4 Å². The van der Waals surface area contributed by atoms with Crippen LogP contribution in [0.15, 0.2) is 48.5 Å². The van der Waals surface area contributed by atoms with Gasteiger partial charge in [0.1, 0.15) is 0 Å². The number of allylic oxidation sites excluding steroid dienone is 2. The standard InChI is InChI=1S/C26H33F3N2O3/c1-3-4-5-6-7-8-9-10-17-33-23-18-30-25(31-19-23)22-14-11-21(12-15-22)13-16-24(26(27,28)29)34-20(2)32/h11-12,14-16,18-19H,3-10,13,17H2,1-2H3.